The number of carbonyl (C=O) groups is 1. The van der Waals surface area contributed by atoms with Crippen LogP contribution in [0.1, 0.15) is 5.56 Å². The van der Waals surface area contributed by atoms with Crippen LogP contribution >= 0.6 is 11.6 Å². The summed E-state index contributed by atoms with van der Waals surface area (Å²) in [5, 5.41) is 13.7. The molecule has 1 amide bonds. The van der Waals surface area contributed by atoms with E-state index in [1.807, 2.05) is 0 Å². The van der Waals surface area contributed by atoms with E-state index >= 15 is 0 Å². The van der Waals surface area contributed by atoms with Gasteiger partial charge in [-0.15, -0.1) is 0 Å². The summed E-state index contributed by atoms with van der Waals surface area (Å²) in [5.74, 6) is 0.760. The van der Waals surface area contributed by atoms with Crippen molar-refractivity contribution in [3.05, 3.63) is 87.4 Å². The molecule has 0 radical (unpaired) electrons. The Morgan fingerprint density at radius 3 is 2.66 bits per heavy atom. The summed E-state index contributed by atoms with van der Waals surface area (Å²) in [6.45, 7) is 0. The predicted octanol–water partition coefficient (Wildman–Crippen LogP) is 5.72. The van der Waals surface area contributed by atoms with Crippen molar-refractivity contribution in [1.82, 2.24) is 4.98 Å². The Balaban J connectivity index is 1.44. The van der Waals surface area contributed by atoms with Crippen molar-refractivity contribution in [3.8, 4) is 17.2 Å². The van der Waals surface area contributed by atoms with Crippen molar-refractivity contribution in [2.45, 2.75) is 0 Å². The monoisotopic (exact) mass is 449 g/mol. The third-order valence-corrected chi connectivity index (χ3v) is 4.91. The van der Waals surface area contributed by atoms with E-state index in [1.165, 1.54) is 24.3 Å². The maximum Gasteiger partial charge on any atom is 0.288 e. The molecule has 1 heterocycles. The number of nitro groups is 1. The van der Waals surface area contributed by atoms with Crippen LogP contribution in [0.5, 0.6) is 5.75 Å². The van der Waals surface area contributed by atoms with Gasteiger partial charge in [0.05, 0.1) is 12.0 Å². The Morgan fingerprint density at radius 1 is 1.16 bits per heavy atom. The van der Waals surface area contributed by atoms with Gasteiger partial charge in [-0.05, 0) is 54.1 Å². The smallest absolute Gasteiger partial charge is 0.288 e. The summed E-state index contributed by atoms with van der Waals surface area (Å²) in [7, 11) is 1.59. The van der Waals surface area contributed by atoms with Gasteiger partial charge in [0.25, 0.3) is 5.69 Å². The Bertz CT molecular complexity index is 1350. The molecule has 0 aliphatic carbocycles. The van der Waals surface area contributed by atoms with Gasteiger partial charge >= 0.3 is 0 Å². The van der Waals surface area contributed by atoms with Gasteiger partial charge in [-0.3, -0.25) is 14.9 Å². The van der Waals surface area contributed by atoms with Crippen molar-refractivity contribution >= 4 is 46.1 Å². The predicted molar refractivity (Wildman–Crippen MR) is 122 cm³/mol. The number of methoxy groups -OCH3 is 1. The fourth-order valence-electron chi connectivity index (χ4n) is 2.98. The van der Waals surface area contributed by atoms with Crippen molar-refractivity contribution < 1.29 is 18.9 Å². The van der Waals surface area contributed by atoms with Crippen LogP contribution in [-0.2, 0) is 4.79 Å². The number of nitrogens with one attached hydrogen (secondary N) is 1. The topological polar surface area (TPSA) is 108 Å². The van der Waals surface area contributed by atoms with Gasteiger partial charge in [0.2, 0.25) is 11.8 Å². The summed E-state index contributed by atoms with van der Waals surface area (Å²) in [4.78, 5) is 27.1. The molecular weight excluding hydrogens is 434 g/mol. The fourth-order valence-corrected chi connectivity index (χ4v) is 3.17. The Kier molecular flexibility index (Phi) is 5.87. The number of benzene rings is 3. The molecule has 160 valence electrons. The molecule has 0 saturated heterocycles. The average molecular weight is 450 g/mol. The molecule has 3 aromatic carbocycles. The number of nitrogens with zero attached hydrogens (tertiary/aromatic N) is 2. The molecule has 0 bridgehead atoms. The number of carbonyl (C=O) groups excluding carboxylic acids is 1. The second kappa shape index (κ2) is 8.91. The minimum atomic E-state index is -0.575. The molecule has 8 nitrogen and oxygen atoms in total. The lowest BCUT2D eigenvalue weighted by atomic mass is 10.2. The molecule has 0 fully saturated rings. The van der Waals surface area contributed by atoms with E-state index in [2.05, 4.69) is 10.3 Å². The Labute approximate surface area is 187 Å². The minimum Gasteiger partial charge on any atom is -0.497 e. The molecule has 32 heavy (non-hydrogen) atoms. The summed E-state index contributed by atoms with van der Waals surface area (Å²) < 4.78 is 11.0. The third kappa shape index (κ3) is 4.60. The number of anilines is 1. The molecular formula is C23H16ClN3O5. The number of oxazole rings is 1. The largest absolute Gasteiger partial charge is 0.497 e. The second-order valence-electron chi connectivity index (χ2n) is 6.72. The van der Waals surface area contributed by atoms with Gasteiger partial charge in [-0.1, -0.05) is 17.7 Å². The highest BCUT2D eigenvalue weighted by Gasteiger charge is 2.12. The van der Waals surface area contributed by atoms with E-state index in [1.54, 1.807) is 55.6 Å². The number of amides is 1. The number of halogens is 1. The Morgan fingerprint density at radius 2 is 1.94 bits per heavy atom. The first-order chi connectivity index (χ1) is 15.4. The number of hydrogen-bond donors (Lipinski definition) is 1. The maximum absolute atomic E-state index is 12.2. The van der Waals surface area contributed by atoms with Gasteiger partial charge < -0.3 is 14.5 Å². The highest BCUT2D eigenvalue weighted by Crippen LogP contribution is 2.28. The van der Waals surface area contributed by atoms with E-state index in [-0.39, 0.29) is 16.6 Å². The first kappa shape index (κ1) is 21.1. The highest BCUT2D eigenvalue weighted by atomic mass is 35.5. The lowest BCUT2D eigenvalue weighted by Crippen LogP contribution is -2.07. The van der Waals surface area contributed by atoms with Gasteiger partial charge in [0, 0.05) is 29.5 Å². The van der Waals surface area contributed by atoms with Gasteiger partial charge in [-0.2, -0.15) is 0 Å². The molecule has 1 aromatic heterocycles. The molecule has 4 rings (SSSR count). The summed E-state index contributed by atoms with van der Waals surface area (Å²) in [6.07, 6.45) is 2.76. The van der Waals surface area contributed by atoms with E-state index in [0.717, 1.165) is 5.56 Å². The number of fused-ring (bicyclic) bond motifs is 1. The quantitative estimate of drug-likeness (QED) is 0.229. The van der Waals surface area contributed by atoms with Crippen molar-refractivity contribution in [2.24, 2.45) is 0 Å². The number of rotatable bonds is 6. The highest BCUT2D eigenvalue weighted by molar-refractivity contribution is 6.32. The number of nitro benzene ring substituents is 1. The van der Waals surface area contributed by atoms with Crippen molar-refractivity contribution in [2.75, 3.05) is 12.4 Å². The average Bonchev–Trinajstić information content (AvgIpc) is 3.22. The zero-order valence-corrected chi connectivity index (χ0v) is 17.5. The van der Waals surface area contributed by atoms with Crippen LogP contribution in [0.3, 0.4) is 0 Å². The molecule has 0 unspecified atom stereocenters. The molecule has 0 atom stereocenters. The van der Waals surface area contributed by atoms with Crippen molar-refractivity contribution in [3.63, 3.8) is 0 Å². The number of hydrogen-bond acceptors (Lipinski definition) is 6. The first-order valence-electron chi connectivity index (χ1n) is 9.41. The van der Waals surface area contributed by atoms with Crippen molar-refractivity contribution in [1.29, 1.82) is 0 Å². The van der Waals surface area contributed by atoms with E-state index in [0.29, 0.717) is 34.0 Å². The van der Waals surface area contributed by atoms with E-state index in [9.17, 15) is 14.9 Å². The van der Waals surface area contributed by atoms with Gasteiger partial charge in [0.15, 0.2) is 5.58 Å². The molecule has 0 spiro atoms. The van der Waals surface area contributed by atoms with Crippen LogP contribution in [-0.4, -0.2) is 22.9 Å². The first-order valence-corrected chi connectivity index (χ1v) is 9.79. The summed E-state index contributed by atoms with van der Waals surface area (Å²) in [5.41, 5.74) is 2.92. The van der Waals surface area contributed by atoms with Crippen LogP contribution < -0.4 is 10.1 Å². The van der Waals surface area contributed by atoms with Gasteiger partial charge in [-0.25, -0.2) is 4.98 Å². The number of ether oxygens (including phenoxy) is 1. The lowest BCUT2D eigenvalue weighted by Gasteiger charge is -2.03. The van der Waals surface area contributed by atoms with Crippen LogP contribution in [0.2, 0.25) is 5.02 Å². The number of aromatic nitrogens is 1. The molecule has 0 aliphatic rings. The molecule has 4 aromatic rings. The third-order valence-electron chi connectivity index (χ3n) is 4.59. The molecule has 0 aliphatic heterocycles. The summed E-state index contributed by atoms with van der Waals surface area (Å²) >= 11 is 5.79. The minimum absolute atomic E-state index is 0.0368. The molecule has 0 saturated carbocycles. The normalized spacial score (nSPS) is 11.1. The summed E-state index contributed by atoms with van der Waals surface area (Å²) in [6, 6.07) is 16.7. The Hall–Kier alpha value is -4.17. The standard InChI is InChI=1S/C23H16ClN3O5/c1-31-17-8-10-21-19(13-17)26-23(32-21)15-4-6-16(7-5-15)25-22(28)11-3-14-2-9-18(24)20(12-14)27(29)30/h2-13H,1H3,(H,25,28). The molecule has 1 N–H and O–H groups in total. The maximum atomic E-state index is 12.2. The van der Waals surface area contributed by atoms with Crippen LogP contribution in [0, 0.1) is 10.1 Å². The second-order valence-corrected chi connectivity index (χ2v) is 7.13. The SMILES string of the molecule is COc1ccc2oc(-c3ccc(NC(=O)C=Cc4ccc(Cl)c([N+](=O)[O-])c4)cc3)nc2c1. The fraction of sp³-hybridized carbons (Fsp3) is 0.0435. The van der Waals surface area contributed by atoms with E-state index in [4.69, 9.17) is 20.8 Å². The lowest BCUT2D eigenvalue weighted by molar-refractivity contribution is -0.384. The van der Waals surface area contributed by atoms with E-state index < -0.39 is 4.92 Å². The molecule has 9 heteroatoms. The zero-order chi connectivity index (χ0) is 22.7. The zero-order valence-electron chi connectivity index (χ0n) is 16.7. The van der Waals surface area contributed by atoms with Gasteiger partial charge in [0.1, 0.15) is 16.3 Å². The van der Waals surface area contributed by atoms with Crippen LogP contribution in [0.25, 0.3) is 28.6 Å². The van der Waals surface area contributed by atoms with Crippen LogP contribution in [0.4, 0.5) is 11.4 Å². The van der Waals surface area contributed by atoms with Crippen LogP contribution in [0.15, 0.2) is 71.2 Å².